The Morgan fingerprint density at radius 3 is 2.46 bits per heavy atom. The van der Waals surface area contributed by atoms with Gasteiger partial charge in [-0.2, -0.15) is 11.8 Å². The zero-order valence-electron chi connectivity index (χ0n) is 8.12. The summed E-state index contributed by atoms with van der Waals surface area (Å²) in [7, 11) is 0. The van der Waals surface area contributed by atoms with Crippen LogP contribution in [0.2, 0.25) is 0 Å². The molecule has 0 N–H and O–H groups in total. The van der Waals surface area contributed by atoms with Crippen molar-refractivity contribution in [2.24, 2.45) is 0 Å². The maximum atomic E-state index is 12.8. The first-order valence-corrected chi connectivity index (χ1v) is 5.56. The van der Waals surface area contributed by atoms with Crippen LogP contribution in [-0.4, -0.2) is 11.2 Å². The van der Waals surface area contributed by atoms with Crippen LogP contribution in [0, 0.1) is 0 Å². The van der Waals surface area contributed by atoms with Gasteiger partial charge in [-0.05, 0) is 31.7 Å². The van der Waals surface area contributed by atoms with E-state index in [4.69, 9.17) is 0 Å². The molecule has 0 bridgehead atoms. The highest BCUT2D eigenvalue weighted by molar-refractivity contribution is 7.98. The van der Waals surface area contributed by atoms with Gasteiger partial charge < -0.3 is 0 Å². The fraction of sp³-hybridized carbons (Fsp3) is 0.500. The van der Waals surface area contributed by atoms with E-state index in [1.165, 1.54) is 6.92 Å². The number of halogens is 1. The number of nitrogens with zero attached hydrogens (tertiary/aromatic N) is 1. The van der Waals surface area contributed by atoms with Crippen molar-refractivity contribution >= 4 is 11.8 Å². The van der Waals surface area contributed by atoms with Crippen molar-refractivity contribution in [1.82, 2.24) is 4.98 Å². The molecule has 1 heterocycles. The molecule has 1 rings (SSSR count). The molecular formula is C10H14FNS. The van der Waals surface area contributed by atoms with Gasteiger partial charge in [-0.3, -0.25) is 4.98 Å². The van der Waals surface area contributed by atoms with E-state index in [0.717, 1.165) is 5.56 Å². The van der Waals surface area contributed by atoms with Gasteiger partial charge in [-0.1, -0.05) is 6.07 Å². The Balaban J connectivity index is 2.81. The number of hydrogen-bond acceptors (Lipinski definition) is 2. The monoisotopic (exact) mass is 199 g/mol. The lowest BCUT2D eigenvalue weighted by atomic mass is 10.2. The van der Waals surface area contributed by atoms with Crippen LogP contribution < -0.4 is 0 Å². The molecule has 0 radical (unpaired) electrons. The number of pyridine rings is 1. The van der Waals surface area contributed by atoms with E-state index >= 15 is 0 Å². The standard InChI is InChI=1S/C10H14FNS/c1-7(11)10-5-4-9(6-12-10)8(2)13-3/h4-8H,1-3H3. The summed E-state index contributed by atoms with van der Waals surface area (Å²) in [5, 5.41) is 0.427. The second-order valence-electron chi connectivity index (χ2n) is 3.01. The molecule has 0 saturated carbocycles. The van der Waals surface area contributed by atoms with Crippen molar-refractivity contribution in [3.63, 3.8) is 0 Å². The molecule has 0 aliphatic heterocycles. The van der Waals surface area contributed by atoms with Crippen LogP contribution >= 0.6 is 11.8 Å². The van der Waals surface area contributed by atoms with Gasteiger partial charge >= 0.3 is 0 Å². The molecule has 0 aromatic carbocycles. The Labute approximate surface area is 82.8 Å². The summed E-state index contributed by atoms with van der Waals surface area (Å²) in [4.78, 5) is 4.06. The average Bonchev–Trinajstić information content (AvgIpc) is 2.17. The molecule has 72 valence electrons. The second-order valence-corrected chi connectivity index (χ2v) is 4.19. The highest BCUT2D eigenvalue weighted by Crippen LogP contribution is 2.25. The lowest BCUT2D eigenvalue weighted by Gasteiger charge is -2.08. The van der Waals surface area contributed by atoms with Crippen LogP contribution in [-0.2, 0) is 0 Å². The van der Waals surface area contributed by atoms with Gasteiger partial charge in [-0.25, -0.2) is 4.39 Å². The van der Waals surface area contributed by atoms with Crippen LogP contribution in [0.1, 0.15) is 36.5 Å². The molecule has 0 aliphatic carbocycles. The van der Waals surface area contributed by atoms with Gasteiger partial charge in [-0.15, -0.1) is 0 Å². The van der Waals surface area contributed by atoms with E-state index in [1.807, 2.05) is 6.07 Å². The molecule has 13 heavy (non-hydrogen) atoms. The molecular weight excluding hydrogens is 185 g/mol. The Kier molecular flexibility index (Phi) is 3.72. The SMILES string of the molecule is CSC(C)c1ccc(C(C)F)nc1. The predicted octanol–water partition coefficient (Wildman–Crippen LogP) is 3.54. The summed E-state index contributed by atoms with van der Waals surface area (Å²) in [5.41, 5.74) is 1.66. The molecule has 3 heteroatoms. The Morgan fingerprint density at radius 2 is 2.08 bits per heavy atom. The Morgan fingerprint density at radius 1 is 1.38 bits per heavy atom. The molecule has 1 aromatic rings. The van der Waals surface area contributed by atoms with Crippen LogP contribution in [0.5, 0.6) is 0 Å². The highest BCUT2D eigenvalue weighted by Gasteiger charge is 2.06. The molecule has 0 amide bonds. The van der Waals surface area contributed by atoms with Crippen molar-refractivity contribution in [3.8, 4) is 0 Å². The molecule has 1 aromatic heterocycles. The number of rotatable bonds is 3. The zero-order valence-corrected chi connectivity index (χ0v) is 8.94. The summed E-state index contributed by atoms with van der Waals surface area (Å²) in [6.07, 6.45) is 2.83. The molecule has 0 aliphatic rings. The number of alkyl halides is 1. The largest absolute Gasteiger partial charge is 0.258 e. The zero-order chi connectivity index (χ0) is 9.84. The molecule has 2 unspecified atom stereocenters. The molecule has 0 spiro atoms. The molecule has 0 saturated heterocycles. The first-order valence-electron chi connectivity index (χ1n) is 4.28. The van der Waals surface area contributed by atoms with Gasteiger partial charge in [0.25, 0.3) is 0 Å². The van der Waals surface area contributed by atoms with Crippen molar-refractivity contribution < 1.29 is 4.39 Å². The number of thioether (sulfide) groups is 1. The number of hydrogen-bond donors (Lipinski definition) is 0. The minimum Gasteiger partial charge on any atom is -0.258 e. The first kappa shape index (κ1) is 10.5. The summed E-state index contributed by atoms with van der Waals surface area (Å²) in [5.74, 6) is 0. The molecule has 2 atom stereocenters. The molecule has 1 nitrogen and oxygen atoms in total. The lowest BCUT2D eigenvalue weighted by molar-refractivity contribution is 0.365. The van der Waals surface area contributed by atoms with Gasteiger partial charge in [0, 0.05) is 11.4 Å². The topological polar surface area (TPSA) is 12.9 Å². The normalized spacial score (nSPS) is 15.4. The Bertz CT molecular complexity index is 258. The highest BCUT2D eigenvalue weighted by atomic mass is 32.2. The average molecular weight is 199 g/mol. The van der Waals surface area contributed by atoms with E-state index in [1.54, 1.807) is 24.0 Å². The van der Waals surface area contributed by atoms with Crippen molar-refractivity contribution in [3.05, 3.63) is 29.6 Å². The van der Waals surface area contributed by atoms with Crippen molar-refractivity contribution in [1.29, 1.82) is 0 Å². The minimum atomic E-state index is -0.973. The molecule has 0 fully saturated rings. The van der Waals surface area contributed by atoms with Gasteiger partial charge in [0.2, 0.25) is 0 Å². The summed E-state index contributed by atoms with van der Waals surface area (Å²) >= 11 is 1.76. The second kappa shape index (κ2) is 4.61. The summed E-state index contributed by atoms with van der Waals surface area (Å²) in [6, 6.07) is 3.70. The summed E-state index contributed by atoms with van der Waals surface area (Å²) in [6.45, 7) is 3.61. The predicted molar refractivity (Wildman–Crippen MR) is 55.7 cm³/mol. The van der Waals surface area contributed by atoms with E-state index in [9.17, 15) is 4.39 Å². The van der Waals surface area contributed by atoms with E-state index in [0.29, 0.717) is 10.9 Å². The number of aromatic nitrogens is 1. The smallest absolute Gasteiger partial charge is 0.139 e. The summed E-state index contributed by atoms with van der Waals surface area (Å²) < 4.78 is 12.8. The van der Waals surface area contributed by atoms with Crippen LogP contribution in [0.3, 0.4) is 0 Å². The third kappa shape index (κ3) is 2.69. The van der Waals surface area contributed by atoms with Crippen LogP contribution in [0.4, 0.5) is 4.39 Å². The van der Waals surface area contributed by atoms with Gasteiger partial charge in [0.05, 0.1) is 5.69 Å². The van der Waals surface area contributed by atoms with Crippen molar-refractivity contribution in [2.45, 2.75) is 25.3 Å². The maximum absolute atomic E-state index is 12.8. The van der Waals surface area contributed by atoms with Crippen molar-refractivity contribution in [2.75, 3.05) is 6.26 Å². The third-order valence-corrected chi connectivity index (χ3v) is 3.02. The fourth-order valence-electron chi connectivity index (χ4n) is 1.03. The fourth-order valence-corrected chi connectivity index (χ4v) is 1.44. The minimum absolute atomic E-state index is 0.427. The van der Waals surface area contributed by atoms with E-state index < -0.39 is 6.17 Å². The van der Waals surface area contributed by atoms with E-state index in [-0.39, 0.29) is 0 Å². The lowest BCUT2D eigenvalue weighted by Crippen LogP contribution is -1.94. The third-order valence-electron chi connectivity index (χ3n) is 2.04. The van der Waals surface area contributed by atoms with Crippen LogP contribution in [0.15, 0.2) is 18.3 Å². The Hall–Kier alpha value is -0.570. The van der Waals surface area contributed by atoms with Crippen LogP contribution in [0.25, 0.3) is 0 Å². The van der Waals surface area contributed by atoms with E-state index in [2.05, 4.69) is 18.2 Å². The first-order chi connectivity index (χ1) is 6.15. The van der Waals surface area contributed by atoms with Gasteiger partial charge in [0.1, 0.15) is 6.17 Å². The quantitative estimate of drug-likeness (QED) is 0.738. The van der Waals surface area contributed by atoms with Gasteiger partial charge in [0.15, 0.2) is 0 Å². The maximum Gasteiger partial charge on any atom is 0.139 e.